The Kier molecular flexibility index (Phi) is 8.07. The molecule has 0 fully saturated rings. The molecule has 60 valence electrons. The van der Waals surface area contributed by atoms with Crippen LogP contribution in [0, 0.1) is 0 Å². The Morgan fingerprint density at radius 3 is 2.27 bits per heavy atom. The minimum absolute atomic E-state index is 0. The summed E-state index contributed by atoms with van der Waals surface area (Å²) in [5.41, 5.74) is 0. The van der Waals surface area contributed by atoms with Crippen LogP contribution >= 0.6 is 12.6 Å². The third kappa shape index (κ3) is 6.29. The molecule has 0 heterocycles. The van der Waals surface area contributed by atoms with Crippen LogP contribution < -0.4 is 24.2 Å². The molecule has 0 aromatic carbocycles. The van der Waals surface area contributed by atoms with Gasteiger partial charge in [-0.3, -0.25) is 4.79 Å². The maximum atomic E-state index is 10.3. The molecule has 0 aromatic heterocycles. The minimum Gasteiger partial charge on any atom is -1.00 e. The van der Waals surface area contributed by atoms with E-state index in [9.17, 15) is 9.59 Å². The molecule has 0 rings (SSSR count). The Bertz CT molecular complexity index is 158. The zero-order valence-corrected chi connectivity index (χ0v) is 7.39. The number of carbonyl (C=O) groups is 2. The van der Waals surface area contributed by atoms with Crippen molar-refractivity contribution < 1.29 is 35.0 Å². The van der Waals surface area contributed by atoms with Crippen molar-refractivity contribution in [1.82, 2.24) is 5.32 Å². The van der Waals surface area contributed by atoms with Crippen molar-refractivity contribution in [2.45, 2.75) is 13.0 Å². The van der Waals surface area contributed by atoms with E-state index >= 15 is 0 Å². The summed E-state index contributed by atoms with van der Waals surface area (Å²) in [6, 6.07) is -0.874. The SMILES string of the molecule is CC(=O)NC(CS)C(=O)O.[H-].[Li+]. The van der Waals surface area contributed by atoms with Crippen molar-refractivity contribution in [3.63, 3.8) is 0 Å². The van der Waals surface area contributed by atoms with Crippen molar-refractivity contribution in [3.8, 4) is 0 Å². The van der Waals surface area contributed by atoms with Crippen molar-refractivity contribution in [2.24, 2.45) is 0 Å². The van der Waals surface area contributed by atoms with Crippen LogP contribution in [-0.2, 0) is 9.59 Å². The topological polar surface area (TPSA) is 66.4 Å². The summed E-state index contributed by atoms with van der Waals surface area (Å²) < 4.78 is 0. The quantitative estimate of drug-likeness (QED) is 0.306. The van der Waals surface area contributed by atoms with E-state index in [1.807, 2.05) is 0 Å². The van der Waals surface area contributed by atoms with Crippen LogP contribution in [0.25, 0.3) is 0 Å². The van der Waals surface area contributed by atoms with Crippen LogP contribution in [-0.4, -0.2) is 28.8 Å². The van der Waals surface area contributed by atoms with Crippen LogP contribution in [0.1, 0.15) is 8.35 Å². The predicted octanol–water partition coefficient (Wildman–Crippen LogP) is -3.38. The van der Waals surface area contributed by atoms with Gasteiger partial charge in [-0.25, -0.2) is 4.79 Å². The number of hydrogen-bond acceptors (Lipinski definition) is 3. The number of thiol groups is 1. The zero-order valence-electron chi connectivity index (χ0n) is 7.50. The summed E-state index contributed by atoms with van der Waals surface area (Å²) in [5.74, 6) is -1.32. The first kappa shape index (κ1) is 13.5. The van der Waals surface area contributed by atoms with Gasteiger partial charge in [-0.05, 0) is 0 Å². The predicted molar refractivity (Wildman–Crippen MR) is 40.2 cm³/mol. The second-order valence-corrected chi connectivity index (χ2v) is 2.14. The minimum atomic E-state index is -1.06. The number of hydrogen-bond donors (Lipinski definition) is 3. The van der Waals surface area contributed by atoms with E-state index in [-0.39, 0.29) is 31.9 Å². The summed E-state index contributed by atoms with van der Waals surface area (Å²) in [6.07, 6.45) is 0. The van der Waals surface area contributed by atoms with E-state index < -0.39 is 12.0 Å². The molecule has 0 saturated heterocycles. The van der Waals surface area contributed by atoms with E-state index in [1.165, 1.54) is 6.92 Å². The van der Waals surface area contributed by atoms with E-state index in [0.29, 0.717) is 0 Å². The van der Waals surface area contributed by atoms with Crippen LogP contribution in [0.2, 0.25) is 0 Å². The number of amides is 1. The van der Waals surface area contributed by atoms with Crippen molar-refractivity contribution in [1.29, 1.82) is 0 Å². The second kappa shape index (κ2) is 6.59. The fourth-order valence-corrected chi connectivity index (χ4v) is 0.678. The molecule has 2 N–H and O–H groups in total. The van der Waals surface area contributed by atoms with Crippen molar-refractivity contribution >= 4 is 24.5 Å². The van der Waals surface area contributed by atoms with Gasteiger partial charge in [0.05, 0.1) is 0 Å². The number of carboxylic acids is 1. The summed E-state index contributed by atoms with van der Waals surface area (Å²) in [7, 11) is 0. The van der Waals surface area contributed by atoms with Gasteiger partial charge in [0.1, 0.15) is 6.04 Å². The molecule has 0 aliphatic heterocycles. The fourth-order valence-electron chi connectivity index (χ4n) is 0.431. The monoisotopic (exact) mass is 171 g/mol. The molecule has 4 nitrogen and oxygen atoms in total. The van der Waals surface area contributed by atoms with Gasteiger partial charge in [-0.2, -0.15) is 12.6 Å². The van der Waals surface area contributed by atoms with Gasteiger partial charge in [0, 0.05) is 12.7 Å². The van der Waals surface area contributed by atoms with E-state index in [2.05, 4.69) is 17.9 Å². The molecule has 0 aliphatic carbocycles. The molecule has 6 heteroatoms. The van der Waals surface area contributed by atoms with Crippen molar-refractivity contribution in [3.05, 3.63) is 0 Å². The molecule has 1 amide bonds. The number of carboxylic acid groups (broad SMARTS) is 1. The molecular weight excluding hydrogens is 161 g/mol. The Hall–Kier alpha value is -0.113. The average molecular weight is 171 g/mol. The van der Waals surface area contributed by atoms with Gasteiger partial charge < -0.3 is 11.8 Å². The fraction of sp³-hybridized carbons (Fsp3) is 0.600. The van der Waals surface area contributed by atoms with Crippen molar-refractivity contribution in [2.75, 3.05) is 5.75 Å². The molecule has 1 unspecified atom stereocenters. The normalized spacial score (nSPS) is 11.1. The molecule has 0 aromatic rings. The number of rotatable bonds is 3. The van der Waals surface area contributed by atoms with E-state index in [4.69, 9.17) is 5.11 Å². The van der Waals surface area contributed by atoms with Gasteiger partial charge in [0.2, 0.25) is 5.91 Å². The summed E-state index contributed by atoms with van der Waals surface area (Å²) in [4.78, 5) is 20.5. The van der Waals surface area contributed by atoms with Gasteiger partial charge in [-0.1, -0.05) is 0 Å². The van der Waals surface area contributed by atoms with Crippen LogP contribution in [0.4, 0.5) is 0 Å². The van der Waals surface area contributed by atoms with E-state index in [1.54, 1.807) is 0 Å². The van der Waals surface area contributed by atoms with Gasteiger partial charge in [-0.15, -0.1) is 0 Å². The Morgan fingerprint density at radius 2 is 2.18 bits per heavy atom. The standard InChI is InChI=1S/C5H9NO3S.Li.H/c1-3(7)6-4(2-10)5(8)9;;/h4,10H,2H2,1H3,(H,6,7)(H,8,9);;/q;+1;-1. The molecular formula is C5H10LiNO3S. The summed E-state index contributed by atoms with van der Waals surface area (Å²) in [5, 5.41) is 10.6. The third-order valence-corrected chi connectivity index (χ3v) is 1.22. The first-order chi connectivity index (χ1) is 4.57. The van der Waals surface area contributed by atoms with Crippen LogP contribution in [0.5, 0.6) is 0 Å². The maximum absolute atomic E-state index is 10.3. The van der Waals surface area contributed by atoms with Crippen LogP contribution in [0.15, 0.2) is 0 Å². The summed E-state index contributed by atoms with van der Waals surface area (Å²) in [6.45, 7) is 1.26. The molecule has 1 atom stereocenters. The Balaban J connectivity index is -0.000000405. The number of carbonyl (C=O) groups excluding carboxylic acids is 1. The molecule has 0 bridgehead atoms. The number of aliphatic carboxylic acids is 1. The van der Waals surface area contributed by atoms with E-state index in [0.717, 1.165) is 0 Å². The Morgan fingerprint density at radius 1 is 1.73 bits per heavy atom. The van der Waals surface area contributed by atoms with Crippen LogP contribution in [0.3, 0.4) is 0 Å². The third-order valence-electron chi connectivity index (χ3n) is 0.858. The maximum Gasteiger partial charge on any atom is 1.00 e. The first-order valence-electron chi connectivity index (χ1n) is 2.68. The van der Waals surface area contributed by atoms with Gasteiger partial charge in [0.25, 0.3) is 0 Å². The summed E-state index contributed by atoms with van der Waals surface area (Å²) >= 11 is 3.73. The average Bonchev–Trinajstić information content (AvgIpc) is 1.81. The molecule has 0 saturated carbocycles. The molecule has 11 heavy (non-hydrogen) atoms. The number of nitrogens with one attached hydrogen (secondary N) is 1. The smallest absolute Gasteiger partial charge is 1.00 e. The second-order valence-electron chi connectivity index (χ2n) is 1.77. The molecule has 0 spiro atoms. The zero-order chi connectivity index (χ0) is 8.15. The molecule has 0 aliphatic rings. The first-order valence-corrected chi connectivity index (χ1v) is 3.32. The Labute approximate surface area is 83.8 Å². The largest absolute Gasteiger partial charge is 1.00 e. The molecule has 0 radical (unpaired) electrons. The van der Waals surface area contributed by atoms with Gasteiger partial charge >= 0.3 is 24.8 Å². The van der Waals surface area contributed by atoms with Gasteiger partial charge in [0.15, 0.2) is 0 Å².